The van der Waals surface area contributed by atoms with Crippen LogP contribution in [-0.4, -0.2) is 31.5 Å². The maximum Gasteiger partial charge on any atom is 0.343 e. The maximum absolute atomic E-state index is 12.8. The highest BCUT2D eigenvalue weighted by molar-refractivity contribution is 6.04. The normalized spacial score (nSPS) is 12.0. The lowest BCUT2D eigenvalue weighted by Gasteiger charge is -2.11. The zero-order valence-electron chi connectivity index (χ0n) is 19.4. The minimum Gasteiger partial charge on any atom is -0.494 e. The van der Waals surface area contributed by atoms with Crippen LogP contribution in [0.5, 0.6) is 23.0 Å². The molecule has 1 amide bonds. The van der Waals surface area contributed by atoms with E-state index in [2.05, 4.69) is 10.5 Å². The van der Waals surface area contributed by atoms with Crippen molar-refractivity contribution in [3.63, 3.8) is 0 Å². The van der Waals surface area contributed by atoms with Gasteiger partial charge in [0, 0.05) is 11.1 Å². The molecule has 1 aliphatic heterocycles. The van der Waals surface area contributed by atoms with Crippen molar-refractivity contribution in [1.82, 2.24) is 5.43 Å². The predicted octanol–water partition coefficient (Wildman–Crippen LogP) is 4.95. The van der Waals surface area contributed by atoms with E-state index in [1.165, 1.54) is 6.21 Å². The molecule has 0 saturated carbocycles. The smallest absolute Gasteiger partial charge is 0.343 e. The Morgan fingerprint density at radius 3 is 2.56 bits per heavy atom. The van der Waals surface area contributed by atoms with Gasteiger partial charge in [-0.1, -0.05) is 30.3 Å². The van der Waals surface area contributed by atoms with Crippen molar-refractivity contribution in [2.24, 2.45) is 5.10 Å². The van der Waals surface area contributed by atoms with E-state index in [4.69, 9.17) is 18.9 Å². The fraction of sp³-hybridized carbons (Fsp3) is 0.107. The average molecular weight is 482 g/mol. The van der Waals surface area contributed by atoms with E-state index < -0.39 is 11.9 Å². The third kappa shape index (κ3) is 4.83. The van der Waals surface area contributed by atoms with Gasteiger partial charge in [0.25, 0.3) is 5.91 Å². The van der Waals surface area contributed by atoms with Crippen molar-refractivity contribution >= 4 is 28.9 Å². The summed E-state index contributed by atoms with van der Waals surface area (Å²) in [6.07, 6.45) is 1.47. The Morgan fingerprint density at radius 2 is 1.72 bits per heavy atom. The zero-order chi connectivity index (χ0) is 24.9. The topological polar surface area (TPSA) is 95.5 Å². The molecule has 1 heterocycles. The van der Waals surface area contributed by atoms with Crippen LogP contribution < -0.4 is 24.4 Å². The van der Waals surface area contributed by atoms with Crippen molar-refractivity contribution in [2.45, 2.75) is 6.92 Å². The minimum atomic E-state index is -0.521. The van der Waals surface area contributed by atoms with Crippen molar-refractivity contribution in [2.75, 3.05) is 13.4 Å². The zero-order valence-corrected chi connectivity index (χ0v) is 19.4. The second-order valence-corrected chi connectivity index (χ2v) is 7.81. The largest absolute Gasteiger partial charge is 0.494 e. The Hall–Kier alpha value is -4.85. The van der Waals surface area contributed by atoms with Crippen LogP contribution in [0.3, 0.4) is 0 Å². The standard InChI is InChI=1S/C28H22N2O6/c1-2-33-21-11-7-19(8-12-21)28(32)36-24-13-9-18-5-3-4-6-22(18)23(24)16-29-30-27(31)20-10-14-25-26(15-20)35-17-34-25/h3-16H,2,17H2,1H3,(H,30,31)/b29-16-. The summed E-state index contributed by atoms with van der Waals surface area (Å²) < 4.78 is 21.7. The Kier molecular flexibility index (Phi) is 6.48. The summed E-state index contributed by atoms with van der Waals surface area (Å²) in [5.74, 6) is 1.14. The third-order valence-corrected chi connectivity index (χ3v) is 5.53. The molecule has 1 aliphatic rings. The van der Waals surface area contributed by atoms with Gasteiger partial charge < -0.3 is 18.9 Å². The summed E-state index contributed by atoms with van der Waals surface area (Å²) >= 11 is 0. The first-order valence-corrected chi connectivity index (χ1v) is 11.3. The number of hydrogen-bond donors (Lipinski definition) is 1. The van der Waals surface area contributed by atoms with E-state index in [9.17, 15) is 9.59 Å². The van der Waals surface area contributed by atoms with Crippen LogP contribution in [0.2, 0.25) is 0 Å². The van der Waals surface area contributed by atoms with E-state index in [1.54, 1.807) is 48.5 Å². The number of benzene rings is 4. The number of esters is 1. The molecular weight excluding hydrogens is 460 g/mol. The van der Waals surface area contributed by atoms with Gasteiger partial charge in [0.2, 0.25) is 6.79 Å². The Labute approximate surface area is 207 Å². The van der Waals surface area contributed by atoms with Crippen LogP contribution in [0.25, 0.3) is 10.8 Å². The summed E-state index contributed by atoms with van der Waals surface area (Å²) in [7, 11) is 0. The van der Waals surface area contributed by atoms with Crippen molar-refractivity contribution in [3.05, 3.63) is 95.6 Å². The van der Waals surface area contributed by atoms with Gasteiger partial charge in [0.05, 0.1) is 18.4 Å². The fourth-order valence-corrected chi connectivity index (χ4v) is 3.77. The van der Waals surface area contributed by atoms with Gasteiger partial charge in [0.1, 0.15) is 11.5 Å². The van der Waals surface area contributed by atoms with Gasteiger partial charge in [-0.2, -0.15) is 5.10 Å². The maximum atomic E-state index is 12.8. The number of ether oxygens (including phenoxy) is 4. The molecule has 0 spiro atoms. The van der Waals surface area contributed by atoms with Gasteiger partial charge in [-0.25, -0.2) is 10.2 Å². The summed E-state index contributed by atoms with van der Waals surface area (Å²) in [5.41, 5.74) is 3.82. The van der Waals surface area contributed by atoms with Crippen LogP contribution >= 0.6 is 0 Å². The lowest BCUT2D eigenvalue weighted by Crippen LogP contribution is -2.17. The molecule has 0 fully saturated rings. The van der Waals surface area contributed by atoms with Gasteiger partial charge in [0.15, 0.2) is 11.5 Å². The van der Waals surface area contributed by atoms with E-state index in [-0.39, 0.29) is 6.79 Å². The minimum absolute atomic E-state index is 0.123. The summed E-state index contributed by atoms with van der Waals surface area (Å²) in [6.45, 7) is 2.55. The fourth-order valence-electron chi connectivity index (χ4n) is 3.77. The van der Waals surface area contributed by atoms with Gasteiger partial charge in [-0.15, -0.1) is 0 Å². The highest BCUT2D eigenvalue weighted by Crippen LogP contribution is 2.32. The van der Waals surface area contributed by atoms with Crippen molar-refractivity contribution < 1.29 is 28.5 Å². The average Bonchev–Trinajstić information content (AvgIpc) is 3.38. The molecule has 4 aromatic rings. The number of carbonyl (C=O) groups is 2. The first kappa shape index (κ1) is 22.9. The number of nitrogens with one attached hydrogen (secondary N) is 1. The molecule has 0 aromatic heterocycles. The Balaban J connectivity index is 1.38. The van der Waals surface area contributed by atoms with Crippen LogP contribution in [0.4, 0.5) is 0 Å². The first-order chi connectivity index (χ1) is 17.6. The molecule has 4 aromatic carbocycles. The van der Waals surface area contributed by atoms with E-state index in [0.29, 0.717) is 46.3 Å². The Morgan fingerprint density at radius 1 is 0.944 bits per heavy atom. The number of fused-ring (bicyclic) bond motifs is 2. The molecule has 1 N–H and O–H groups in total. The molecule has 0 unspecified atom stereocenters. The second kappa shape index (κ2) is 10.2. The van der Waals surface area contributed by atoms with Gasteiger partial charge in [-0.3, -0.25) is 4.79 Å². The molecule has 5 rings (SSSR count). The van der Waals surface area contributed by atoms with Gasteiger partial charge >= 0.3 is 5.97 Å². The lowest BCUT2D eigenvalue weighted by molar-refractivity contribution is 0.0734. The summed E-state index contributed by atoms with van der Waals surface area (Å²) in [4.78, 5) is 25.4. The molecule has 36 heavy (non-hydrogen) atoms. The second-order valence-electron chi connectivity index (χ2n) is 7.81. The molecule has 0 radical (unpaired) electrons. The van der Waals surface area contributed by atoms with E-state index in [0.717, 1.165) is 10.8 Å². The molecule has 8 nitrogen and oxygen atoms in total. The number of carbonyl (C=O) groups excluding carboxylic acids is 2. The van der Waals surface area contributed by atoms with E-state index in [1.807, 2.05) is 37.3 Å². The molecule has 0 aliphatic carbocycles. The number of nitrogens with zero attached hydrogens (tertiary/aromatic N) is 1. The number of hydrazone groups is 1. The van der Waals surface area contributed by atoms with Crippen LogP contribution in [-0.2, 0) is 0 Å². The summed E-state index contributed by atoms with van der Waals surface area (Å²) in [5, 5.41) is 5.88. The predicted molar refractivity (Wildman–Crippen MR) is 134 cm³/mol. The third-order valence-electron chi connectivity index (χ3n) is 5.53. The first-order valence-electron chi connectivity index (χ1n) is 11.3. The molecular formula is C28H22N2O6. The summed E-state index contributed by atoms with van der Waals surface area (Å²) in [6, 6.07) is 22.8. The SMILES string of the molecule is CCOc1ccc(C(=O)Oc2ccc3ccccc3c2/C=N\NC(=O)c2ccc3c(c2)OCO3)cc1. The highest BCUT2D eigenvalue weighted by Gasteiger charge is 2.17. The monoisotopic (exact) mass is 482 g/mol. The van der Waals surface area contributed by atoms with E-state index >= 15 is 0 Å². The molecule has 0 atom stereocenters. The van der Waals surface area contributed by atoms with Crippen LogP contribution in [0.1, 0.15) is 33.2 Å². The molecule has 180 valence electrons. The highest BCUT2D eigenvalue weighted by atomic mass is 16.7. The van der Waals surface area contributed by atoms with Crippen LogP contribution in [0.15, 0.2) is 84.0 Å². The van der Waals surface area contributed by atoms with Gasteiger partial charge in [-0.05, 0) is 66.2 Å². The molecule has 0 bridgehead atoms. The van der Waals surface area contributed by atoms with Crippen molar-refractivity contribution in [1.29, 1.82) is 0 Å². The number of hydrogen-bond acceptors (Lipinski definition) is 7. The molecule has 0 saturated heterocycles. The molecule has 8 heteroatoms. The Bertz CT molecular complexity index is 1460. The number of rotatable bonds is 7. The van der Waals surface area contributed by atoms with Crippen LogP contribution in [0, 0.1) is 0 Å². The van der Waals surface area contributed by atoms with Crippen molar-refractivity contribution in [3.8, 4) is 23.0 Å². The quantitative estimate of drug-likeness (QED) is 0.173. The lowest BCUT2D eigenvalue weighted by atomic mass is 10.0. The number of amides is 1.